The van der Waals surface area contributed by atoms with Gasteiger partial charge >= 0.3 is 5.97 Å². The fraction of sp³-hybridized carbons (Fsp3) is 0.115. The van der Waals surface area contributed by atoms with Crippen LogP contribution in [0.2, 0.25) is 0 Å². The standard InChI is InChI=1S/C26H22O5/c1-28-22-12-13-23(24(16-22)29-2)25-15-20(26(27)31-25)14-18-8-10-21(11-9-18)30-17-19-6-4-3-5-7-19/h3-16H,17H2,1-2H3/b20-14-. The van der Waals surface area contributed by atoms with Gasteiger partial charge in [-0.15, -0.1) is 0 Å². The van der Waals surface area contributed by atoms with Crippen LogP contribution >= 0.6 is 0 Å². The van der Waals surface area contributed by atoms with Crippen LogP contribution in [0.1, 0.15) is 16.7 Å². The predicted octanol–water partition coefficient (Wildman–Crippen LogP) is 5.26. The molecule has 3 aromatic rings. The number of carbonyl (C=O) groups is 1. The Bertz CT molecular complexity index is 1130. The number of benzene rings is 3. The van der Waals surface area contributed by atoms with Crippen LogP contribution in [0, 0.1) is 0 Å². The van der Waals surface area contributed by atoms with Crippen LogP contribution in [-0.4, -0.2) is 20.2 Å². The van der Waals surface area contributed by atoms with Gasteiger partial charge in [0.2, 0.25) is 0 Å². The molecular weight excluding hydrogens is 392 g/mol. The summed E-state index contributed by atoms with van der Waals surface area (Å²) >= 11 is 0. The van der Waals surface area contributed by atoms with E-state index in [1.54, 1.807) is 44.6 Å². The van der Waals surface area contributed by atoms with E-state index in [-0.39, 0.29) is 0 Å². The van der Waals surface area contributed by atoms with Crippen LogP contribution in [0.4, 0.5) is 0 Å². The molecule has 0 spiro atoms. The Kier molecular flexibility index (Phi) is 6.03. The molecule has 0 aliphatic carbocycles. The molecule has 0 N–H and O–H groups in total. The second-order valence-electron chi connectivity index (χ2n) is 6.91. The maximum absolute atomic E-state index is 12.4. The summed E-state index contributed by atoms with van der Waals surface area (Å²) in [6.07, 6.45) is 3.50. The largest absolute Gasteiger partial charge is 0.497 e. The molecule has 3 aromatic carbocycles. The number of carbonyl (C=O) groups excluding carboxylic acids is 1. The molecule has 0 aromatic heterocycles. The fourth-order valence-corrected chi connectivity index (χ4v) is 3.20. The molecule has 0 radical (unpaired) electrons. The van der Waals surface area contributed by atoms with E-state index in [0.29, 0.717) is 35.0 Å². The third-order valence-corrected chi connectivity index (χ3v) is 4.85. The number of esters is 1. The second-order valence-corrected chi connectivity index (χ2v) is 6.91. The Balaban J connectivity index is 1.49. The molecule has 1 aliphatic heterocycles. The summed E-state index contributed by atoms with van der Waals surface area (Å²) in [6, 6.07) is 22.9. The van der Waals surface area contributed by atoms with Crippen molar-refractivity contribution in [2.24, 2.45) is 0 Å². The number of ether oxygens (including phenoxy) is 4. The van der Waals surface area contributed by atoms with E-state index in [1.165, 1.54) is 0 Å². The Labute approximate surface area is 181 Å². The van der Waals surface area contributed by atoms with Crippen molar-refractivity contribution in [2.45, 2.75) is 6.61 Å². The number of hydrogen-bond acceptors (Lipinski definition) is 5. The first kappa shape index (κ1) is 20.3. The van der Waals surface area contributed by atoms with Gasteiger partial charge in [-0.1, -0.05) is 42.5 Å². The number of hydrogen-bond donors (Lipinski definition) is 0. The first-order chi connectivity index (χ1) is 15.2. The Morgan fingerprint density at radius 3 is 2.32 bits per heavy atom. The van der Waals surface area contributed by atoms with Crippen LogP contribution in [-0.2, 0) is 16.1 Å². The molecule has 5 heteroatoms. The van der Waals surface area contributed by atoms with Gasteiger partial charge in [0.1, 0.15) is 29.6 Å². The third-order valence-electron chi connectivity index (χ3n) is 4.85. The van der Waals surface area contributed by atoms with E-state index in [1.807, 2.05) is 54.6 Å². The number of cyclic esters (lactones) is 1. The van der Waals surface area contributed by atoms with Gasteiger partial charge < -0.3 is 18.9 Å². The first-order valence-corrected chi connectivity index (χ1v) is 9.81. The van der Waals surface area contributed by atoms with E-state index in [4.69, 9.17) is 18.9 Å². The lowest BCUT2D eigenvalue weighted by Gasteiger charge is -2.10. The lowest BCUT2D eigenvalue weighted by Crippen LogP contribution is -1.98. The van der Waals surface area contributed by atoms with Gasteiger partial charge in [-0.2, -0.15) is 0 Å². The molecule has 4 rings (SSSR count). The summed E-state index contributed by atoms with van der Waals surface area (Å²) in [4.78, 5) is 12.4. The van der Waals surface area contributed by atoms with Gasteiger partial charge in [-0.05, 0) is 47.5 Å². The smallest absolute Gasteiger partial charge is 0.343 e. The zero-order valence-electron chi connectivity index (χ0n) is 17.3. The summed E-state index contributed by atoms with van der Waals surface area (Å²) in [7, 11) is 3.15. The number of methoxy groups -OCH3 is 2. The van der Waals surface area contributed by atoms with E-state index in [0.717, 1.165) is 16.9 Å². The van der Waals surface area contributed by atoms with Crippen LogP contribution in [0.3, 0.4) is 0 Å². The van der Waals surface area contributed by atoms with Crippen molar-refractivity contribution in [1.29, 1.82) is 0 Å². The van der Waals surface area contributed by atoms with Crippen molar-refractivity contribution in [3.8, 4) is 17.2 Å². The van der Waals surface area contributed by atoms with Gasteiger partial charge in [-0.25, -0.2) is 4.79 Å². The normalized spacial score (nSPS) is 14.2. The molecule has 1 aliphatic rings. The van der Waals surface area contributed by atoms with Crippen molar-refractivity contribution in [1.82, 2.24) is 0 Å². The molecule has 5 nitrogen and oxygen atoms in total. The highest BCUT2D eigenvalue weighted by Gasteiger charge is 2.24. The Morgan fingerprint density at radius 1 is 0.871 bits per heavy atom. The third kappa shape index (κ3) is 4.78. The van der Waals surface area contributed by atoms with E-state index in [9.17, 15) is 4.79 Å². The molecule has 0 unspecified atom stereocenters. The van der Waals surface area contributed by atoms with Gasteiger partial charge in [0.25, 0.3) is 0 Å². The molecule has 0 atom stereocenters. The summed E-state index contributed by atoms with van der Waals surface area (Å²) in [5.41, 5.74) is 3.13. The van der Waals surface area contributed by atoms with Crippen LogP contribution in [0.5, 0.6) is 17.2 Å². The highest BCUT2D eigenvalue weighted by atomic mass is 16.5. The van der Waals surface area contributed by atoms with Crippen LogP contribution < -0.4 is 14.2 Å². The SMILES string of the molecule is COc1ccc(C2=C/C(=C/c3ccc(OCc4ccccc4)cc3)C(=O)O2)c(OC)c1. The molecular formula is C26H22O5. The lowest BCUT2D eigenvalue weighted by molar-refractivity contribution is -0.130. The number of rotatable bonds is 7. The Hall–Kier alpha value is -3.99. The minimum atomic E-state index is -0.405. The van der Waals surface area contributed by atoms with Gasteiger partial charge in [0.05, 0.1) is 25.4 Å². The summed E-state index contributed by atoms with van der Waals surface area (Å²) < 4.78 is 21.9. The first-order valence-electron chi connectivity index (χ1n) is 9.81. The summed E-state index contributed by atoms with van der Waals surface area (Å²) in [6.45, 7) is 0.503. The average molecular weight is 414 g/mol. The molecule has 0 amide bonds. The zero-order chi connectivity index (χ0) is 21.6. The van der Waals surface area contributed by atoms with Crippen molar-refractivity contribution in [3.05, 3.63) is 101 Å². The minimum Gasteiger partial charge on any atom is -0.497 e. The maximum Gasteiger partial charge on any atom is 0.343 e. The second kappa shape index (κ2) is 9.22. The van der Waals surface area contributed by atoms with E-state index in [2.05, 4.69) is 0 Å². The molecule has 1 heterocycles. The van der Waals surface area contributed by atoms with E-state index < -0.39 is 5.97 Å². The monoisotopic (exact) mass is 414 g/mol. The van der Waals surface area contributed by atoms with Gasteiger partial charge in [0, 0.05) is 6.07 Å². The van der Waals surface area contributed by atoms with Crippen LogP contribution in [0.25, 0.3) is 11.8 Å². The summed E-state index contributed by atoms with van der Waals surface area (Å²) in [5.74, 6) is 2.03. The maximum atomic E-state index is 12.4. The quantitative estimate of drug-likeness (QED) is 0.390. The van der Waals surface area contributed by atoms with Crippen molar-refractivity contribution in [2.75, 3.05) is 14.2 Å². The Morgan fingerprint density at radius 2 is 1.61 bits per heavy atom. The summed E-state index contributed by atoms with van der Waals surface area (Å²) in [5, 5.41) is 0. The topological polar surface area (TPSA) is 54.0 Å². The molecule has 0 saturated carbocycles. The van der Waals surface area contributed by atoms with Crippen molar-refractivity contribution < 1.29 is 23.7 Å². The average Bonchev–Trinajstić information content (AvgIpc) is 3.18. The minimum absolute atomic E-state index is 0.405. The molecule has 31 heavy (non-hydrogen) atoms. The van der Waals surface area contributed by atoms with Gasteiger partial charge in [0.15, 0.2) is 0 Å². The predicted molar refractivity (Wildman–Crippen MR) is 119 cm³/mol. The highest BCUT2D eigenvalue weighted by Crippen LogP contribution is 2.35. The lowest BCUT2D eigenvalue weighted by atomic mass is 10.1. The van der Waals surface area contributed by atoms with Crippen molar-refractivity contribution in [3.63, 3.8) is 0 Å². The zero-order valence-corrected chi connectivity index (χ0v) is 17.3. The fourth-order valence-electron chi connectivity index (χ4n) is 3.20. The molecule has 0 fully saturated rings. The molecule has 0 saturated heterocycles. The van der Waals surface area contributed by atoms with E-state index >= 15 is 0 Å². The van der Waals surface area contributed by atoms with Crippen molar-refractivity contribution >= 4 is 17.8 Å². The van der Waals surface area contributed by atoms with Gasteiger partial charge in [-0.3, -0.25) is 0 Å². The molecule has 156 valence electrons. The highest BCUT2D eigenvalue weighted by molar-refractivity contribution is 6.05. The molecule has 0 bridgehead atoms. The van der Waals surface area contributed by atoms with Crippen LogP contribution in [0.15, 0.2) is 84.4 Å².